The molecule has 1 aliphatic rings. The highest BCUT2D eigenvalue weighted by molar-refractivity contribution is 5.79. The monoisotopic (exact) mass is 197 g/mol. The van der Waals surface area contributed by atoms with Crippen molar-refractivity contribution in [1.82, 2.24) is 5.32 Å². The Morgan fingerprint density at radius 1 is 1.29 bits per heavy atom. The minimum atomic E-state index is -0.0855. The summed E-state index contributed by atoms with van der Waals surface area (Å²) in [7, 11) is 0. The van der Waals surface area contributed by atoms with Gasteiger partial charge in [0, 0.05) is 11.5 Å². The molecule has 2 nitrogen and oxygen atoms in total. The summed E-state index contributed by atoms with van der Waals surface area (Å²) in [5, 5.41) is 3.07. The lowest BCUT2D eigenvalue weighted by Gasteiger charge is -2.29. The third kappa shape index (κ3) is 3.69. The summed E-state index contributed by atoms with van der Waals surface area (Å²) in [6.45, 7) is 8.36. The summed E-state index contributed by atoms with van der Waals surface area (Å²) in [5.41, 5.74) is -0.0855. The standard InChI is InChI=1S/C12H23NO/c1-9-6-5-7-10(8-9)11(14)13-12(2,3)4/h9-10H,5-8H2,1-4H3,(H,13,14)/t9-,10+/m1/s1. The second kappa shape index (κ2) is 4.33. The predicted octanol–water partition coefficient (Wildman–Crippen LogP) is 2.73. The van der Waals surface area contributed by atoms with Gasteiger partial charge in [0.05, 0.1) is 0 Å². The van der Waals surface area contributed by atoms with E-state index in [0.29, 0.717) is 0 Å². The van der Waals surface area contributed by atoms with Crippen LogP contribution in [0.3, 0.4) is 0 Å². The lowest BCUT2D eigenvalue weighted by molar-refractivity contribution is -0.127. The van der Waals surface area contributed by atoms with Gasteiger partial charge in [-0.05, 0) is 39.5 Å². The Hall–Kier alpha value is -0.530. The molecule has 0 radical (unpaired) electrons. The number of hydrogen-bond donors (Lipinski definition) is 1. The molecule has 14 heavy (non-hydrogen) atoms. The van der Waals surface area contributed by atoms with Crippen LogP contribution in [0.5, 0.6) is 0 Å². The van der Waals surface area contributed by atoms with Crippen molar-refractivity contribution in [2.45, 2.75) is 58.9 Å². The van der Waals surface area contributed by atoms with Crippen molar-refractivity contribution in [3.05, 3.63) is 0 Å². The summed E-state index contributed by atoms with van der Waals surface area (Å²) in [6.07, 6.45) is 4.65. The van der Waals surface area contributed by atoms with Gasteiger partial charge in [0.15, 0.2) is 0 Å². The summed E-state index contributed by atoms with van der Waals surface area (Å²) >= 11 is 0. The first-order valence-corrected chi connectivity index (χ1v) is 5.70. The topological polar surface area (TPSA) is 29.1 Å². The second-order valence-corrected chi connectivity index (χ2v) is 5.71. The van der Waals surface area contributed by atoms with Crippen LogP contribution in [0, 0.1) is 11.8 Å². The molecule has 2 heteroatoms. The van der Waals surface area contributed by atoms with Gasteiger partial charge in [0.25, 0.3) is 0 Å². The predicted molar refractivity (Wildman–Crippen MR) is 59.0 cm³/mol. The third-order valence-electron chi connectivity index (χ3n) is 2.81. The van der Waals surface area contributed by atoms with Gasteiger partial charge < -0.3 is 5.32 Å². The maximum Gasteiger partial charge on any atom is 0.223 e. The number of hydrogen-bond acceptors (Lipinski definition) is 1. The normalized spacial score (nSPS) is 28.6. The largest absolute Gasteiger partial charge is 0.351 e. The highest BCUT2D eigenvalue weighted by Gasteiger charge is 2.27. The first kappa shape index (κ1) is 11.5. The van der Waals surface area contributed by atoms with E-state index < -0.39 is 0 Å². The Morgan fingerprint density at radius 3 is 2.43 bits per heavy atom. The molecule has 0 aliphatic heterocycles. The number of carbonyl (C=O) groups is 1. The highest BCUT2D eigenvalue weighted by Crippen LogP contribution is 2.28. The zero-order valence-corrected chi connectivity index (χ0v) is 9.89. The van der Waals surface area contributed by atoms with Crippen molar-refractivity contribution in [3.8, 4) is 0 Å². The fourth-order valence-corrected chi connectivity index (χ4v) is 2.14. The zero-order valence-electron chi connectivity index (χ0n) is 9.89. The van der Waals surface area contributed by atoms with E-state index in [0.717, 1.165) is 18.8 Å². The van der Waals surface area contributed by atoms with E-state index in [2.05, 4.69) is 12.2 Å². The average Bonchev–Trinajstić information content (AvgIpc) is 2.01. The number of amides is 1. The molecule has 0 aromatic rings. The molecule has 0 heterocycles. The van der Waals surface area contributed by atoms with Gasteiger partial charge in [0.1, 0.15) is 0 Å². The van der Waals surface area contributed by atoms with E-state index >= 15 is 0 Å². The minimum Gasteiger partial charge on any atom is -0.351 e. The quantitative estimate of drug-likeness (QED) is 0.688. The van der Waals surface area contributed by atoms with Crippen LogP contribution in [0.4, 0.5) is 0 Å². The van der Waals surface area contributed by atoms with Crippen LogP contribution in [0.2, 0.25) is 0 Å². The first-order valence-electron chi connectivity index (χ1n) is 5.70. The van der Waals surface area contributed by atoms with Gasteiger partial charge >= 0.3 is 0 Å². The molecule has 0 saturated heterocycles. The first-order chi connectivity index (χ1) is 6.38. The number of carbonyl (C=O) groups excluding carboxylic acids is 1. The van der Waals surface area contributed by atoms with Gasteiger partial charge in [-0.1, -0.05) is 19.8 Å². The van der Waals surface area contributed by atoms with E-state index in [1.54, 1.807) is 0 Å². The highest BCUT2D eigenvalue weighted by atomic mass is 16.2. The summed E-state index contributed by atoms with van der Waals surface area (Å²) < 4.78 is 0. The average molecular weight is 197 g/mol. The molecule has 0 unspecified atom stereocenters. The molecule has 1 aliphatic carbocycles. The van der Waals surface area contributed by atoms with Crippen molar-refractivity contribution >= 4 is 5.91 Å². The van der Waals surface area contributed by atoms with Crippen LogP contribution in [0.25, 0.3) is 0 Å². The molecule has 1 N–H and O–H groups in total. The van der Waals surface area contributed by atoms with E-state index in [4.69, 9.17) is 0 Å². The van der Waals surface area contributed by atoms with Crippen molar-refractivity contribution in [2.75, 3.05) is 0 Å². The van der Waals surface area contributed by atoms with Crippen LogP contribution in [0.1, 0.15) is 53.4 Å². The van der Waals surface area contributed by atoms with Gasteiger partial charge in [-0.2, -0.15) is 0 Å². The van der Waals surface area contributed by atoms with Crippen LogP contribution >= 0.6 is 0 Å². The van der Waals surface area contributed by atoms with Crippen LogP contribution in [-0.4, -0.2) is 11.4 Å². The van der Waals surface area contributed by atoms with Crippen molar-refractivity contribution in [1.29, 1.82) is 0 Å². The number of rotatable bonds is 1. The molecule has 0 bridgehead atoms. The van der Waals surface area contributed by atoms with E-state index in [1.807, 2.05) is 20.8 Å². The summed E-state index contributed by atoms with van der Waals surface area (Å²) in [4.78, 5) is 11.8. The van der Waals surface area contributed by atoms with Gasteiger partial charge in [-0.15, -0.1) is 0 Å². The van der Waals surface area contributed by atoms with Crippen LogP contribution in [-0.2, 0) is 4.79 Å². The number of nitrogens with one attached hydrogen (secondary N) is 1. The lowest BCUT2D eigenvalue weighted by atomic mass is 9.81. The SMILES string of the molecule is C[C@@H]1CCC[C@H](C(=O)NC(C)(C)C)C1. The van der Waals surface area contributed by atoms with Crippen molar-refractivity contribution < 1.29 is 4.79 Å². The fourth-order valence-electron chi connectivity index (χ4n) is 2.14. The maximum atomic E-state index is 11.8. The molecular formula is C12H23NO. The van der Waals surface area contributed by atoms with Gasteiger partial charge in [-0.3, -0.25) is 4.79 Å². The molecule has 82 valence electrons. The Labute approximate surface area is 87.5 Å². The molecule has 2 atom stereocenters. The molecule has 1 amide bonds. The van der Waals surface area contributed by atoms with E-state index in [9.17, 15) is 4.79 Å². The Balaban J connectivity index is 2.44. The molecule has 0 aromatic heterocycles. The summed E-state index contributed by atoms with van der Waals surface area (Å²) in [6, 6.07) is 0. The Morgan fingerprint density at radius 2 is 1.93 bits per heavy atom. The van der Waals surface area contributed by atoms with E-state index in [1.165, 1.54) is 12.8 Å². The molecule has 1 saturated carbocycles. The summed E-state index contributed by atoms with van der Waals surface area (Å²) in [5.74, 6) is 1.24. The molecule has 0 spiro atoms. The molecule has 0 aromatic carbocycles. The Kier molecular flexibility index (Phi) is 3.57. The second-order valence-electron chi connectivity index (χ2n) is 5.71. The fraction of sp³-hybridized carbons (Fsp3) is 0.917. The lowest BCUT2D eigenvalue weighted by Crippen LogP contribution is -2.44. The smallest absolute Gasteiger partial charge is 0.223 e. The minimum absolute atomic E-state index is 0.0855. The van der Waals surface area contributed by atoms with E-state index in [-0.39, 0.29) is 17.4 Å². The zero-order chi connectivity index (χ0) is 10.8. The van der Waals surface area contributed by atoms with Gasteiger partial charge in [-0.25, -0.2) is 0 Å². The van der Waals surface area contributed by atoms with Crippen LogP contribution in [0.15, 0.2) is 0 Å². The van der Waals surface area contributed by atoms with Crippen LogP contribution < -0.4 is 5.32 Å². The Bertz CT molecular complexity index is 205. The molecule has 1 rings (SSSR count). The third-order valence-corrected chi connectivity index (χ3v) is 2.81. The van der Waals surface area contributed by atoms with Gasteiger partial charge in [0.2, 0.25) is 5.91 Å². The maximum absolute atomic E-state index is 11.8. The molecule has 1 fully saturated rings. The van der Waals surface area contributed by atoms with Crippen molar-refractivity contribution in [2.24, 2.45) is 11.8 Å². The molecular weight excluding hydrogens is 174 g/mol. The van der Waals surface area contributed by atoms with Crippen molar-refractivity contribution in [3.63, 3.8) is 0 Å².